The minimum absolute atomic E-state index is 0.107. The number of hydrogen-bond donors (Lipinski definition) is 2. The number of benzene rings is 1. The molecule has 0 unspecified atom stereocenters. The van der Waals surface area contributed by atoms with E-state index in [0.29, 0.717) is 12.0 Å². The van der Waals surface area contributed by atoms with E-state index in [1.165, 1.54) is 17.7 Å². The largest absolute Gasteiger partial charge is 0.508 e. The summed E-state index contributed by atoms with van der Waals surface area (Å²) in [5.41, 5.74) is 2.71. The number of aliphatic hydroxyl groups excluding tert-OH is 1. The third-order valence-electron chi connectivity index (χ3n) is 4.96. The summed E-state index contributed by atoms with van der Waals surface area (Å²) >= 11 is 0. The fourth-order valence-electron chi connectivity index (χ4n) is 3.54. The minimum Gasteiger partial charge on any atom is -0.508 e. The van der Waals surface area contributed by atoms with E-state index >= 15 is 0 Å². The molecule has 4 heteroatoms. The van der Waals surface area contributed by atoms with Crippen molar-refractivity contribution >= 4 is 5.97 Å². The lowest BCUT2D eigenvalue weighted by Gasteiger charge is -2.33. The van der Waals surface area contributed by atoms with Crippen molar-refractivity contribution in [2.45, 2.75) is 59.2 Å². The molecule has 3 atom stereocenters. The van der Waals surface area contributed by atoms with Gasteiger partial charge in [0.05, 0.1) is 11.7 Å². The Labute approximate surface area is 156 Å². The summed E-state index contributed by atoms with van der Waals surface area (Å²) in [5, 5.41) is 20.2. The van der Waals surface area contributed by atoms with Gasteiger partial charge in [-0.15, -0.1) is 0 Å². The average molecular weight is 358 g/mol. The summed E-state index contributed by atoms with van der Waals surface area (Å²) < 4.78 is 5.85. The Hall–Kier alpha value is -2.07. The molecule has 1 aromatic rings. The van der Waals surface area contributed by atoms with E-state index in [-0.39, 0.29) is 17.6 Å². The van der Waals surface area contributed by atoms with Crippen LogP contribution in [0.1, 0.15) is 57.3 Å². The first kappa shape index (κ1) is 20.2. The van der Waals surface area contributed by atoms with Crippen molar-refractivity contribution in [1.29, 1.82) is 0 Å². The highest BCUT2D eigenvalue weighted by Gasteiger charge is 2.33. The van der Waals surface area contributed by atoms with Gasteiger partial charge in [0.15, 0.2) is 0 Å². The molecular weight excluding hydrogens is 328 g/mol. The summed E-state index contributed by atoms with van der Waals surface area (Å²) in [6, 6.07) is 6.03. The standard InChI is InChI=1S/C22H30O4/c1-14(2)21-19(24)12-15(3)6-5-7-16(4)13-20(21)26-22(25)17-8-10-18(23)11-9-17/h7-12,14,19-21,23-24H,5-6,13H2,1-4H3/b15-12-,16-7+/t19-,20-,21-/m0/s1. The molecule has 0 heterocycles. The Kier molecular flexibility index (Phi) is 7.04. The Morgan fingerprint density at radius 3 is 2.42 bits per heavy atom. The van der Waals surface area contributed by atoms with E-state index in [0.717, 1.165) is 18.4 Å². The van der Waals surface area contributed by atoms with E-state index in [2.05, 4.69) is 6.08 Å². The maximum atomic E-state index is 12.6. The van der Waals surface area contributed by atoms with E-state index in [1.807, 2.05) is 33.8 Å². The number of carbonyl (C=O) groups excluding carboxylic acids is 1. The van der Waals surface area contributed by atoms with Crippen LogP contribution in [-0.2, 0) is 4.74 Å². The second kappa shape index (κ2) is 9.04. The Morgan fingerprint density at radius 1 is 1.15 bits per heavy atom. The van der Waals surface area contributed by atoms with Gasteiger partial charge < -0.3 is 14.9 Å². The number of aliphatic hydroxyl groups is 1. The molecule has 0 bridgehead atoms. The smallest absolute Gasteiger partial charge is 0.338 e. The molecule has 0 radical (unpaired) electrons. The van der Waals surface area contributed by atoms with Gasteiger partial charge in [0, 0.05) is 12.3 Å². The molecule has 1 aliphatic carbocycles. The monoisotopic (exact) mass is 358 g/mol. The van der Waals surface area contributed by atoms with Crippen LogP contribution in [0.5, 0.6) is 5.75 Å². The van der Waals surface area contributed by atoms with Gasteiger partial charge in [-0.05, 0) is 56.9 Å². The van der Waals surface area contributed by atoms with Crippen LogP contribution in [0.2, 0.25) is 0 Å². The second-order valence-electron chi connectivity index (χ2n) is 7.61. The third-order valence-corrected chi connectivity index (χ3v) is 4.96. The lowest BCUT2D eigenvalue weighted by molar-refractivity contribution is -0.0216. The molecule has 1 aliphatic rings. The SMILES string of the molecule is C/C1=C/[C@H](O)[C@H](C(C)C)[C@@H](OC(=O)c2ccc(O)cc2)C/C(C)=C/CC1. The van der Waals surface area contributed by atoms with Crippen LogP contribution in [0.15, 0.2) is 47.6 Å². The van der Waals surface area contributed by atoms with Gasteiger partial charge in [-0.1, -0.05) is 37.1 Å². The number of aromatic hydroxyl groups is 1. The molecule has 0 fully saturated rings. The summed E-state index contributed by atoms with van der Waals surface area (Å²) in [7, 11) is 0. The van der Waals surface area contributed by atoms with E-state index in [4.69, 9.17) is 4.74 Å². The number of carbonyl (C=O) groups is 1. The van der Waals surface area contributed by atoms with Crippen LogP contribution in [0.3, 0.4) is 0 Å². The summed E-state index contributed by atoms with van der Waals surface area (Å²) in [5.74, 6) is -0.361. The molecule has 0 saturated heterocycles. The quantitative estimate of drug-likeness (QED) is 0.611. The number of phenolic OH excluding ortho intramolecular Hbond substituents is 1. The Bertz CT molecular complexity index is 670. The Balaban J connectivity index is 2.30. The van der Waals surface area contributed by atoms with Crippen LogP contribution in [-0.4, -0.2) is 28.4 Å². The van der Waals surface area contributed by atoms with Crippen molar-refractivity contribution in [3.05, 3.63) is 53.1 Å². The maximum Gasteiger partial charge on any atom is 0.338 e. The first-order chi connectivity index (χ1) is 12.3. The molecule has 142 valence electrons. The van der Waals surface area contributed by atoms with Gasteiger partial charge in [-0.25, -0.2) is 4.79 Å². The third kappa shape index (κ3) is 5.46. The maximum absolute atomic E-state index is 12.6. The van der Waals surface area contributed by atoms with E-state index in [9.17, 15) is 15.0 Å². The lowest BCUT2D eigenvalue weighted by atomic mass is 9.81. The highest BCUT2D eigenvalue weighted by molar-refractivity contribution is 5.89. The zero-order chi connectivity index (χ0) is 19.3. The minimum atomic E-state index is -0.654. The predicted molar refractivity (Wildman–Crippen MR) is 103 cm³/mol. The van der Waals surface area contributed by atoms with Gasteiger partial charge in [-0.2, -0.15) is 0 Å². The molecule has 0 spiro atoms. The molecule has 26 heavy (non-hydrogen) atoms. The topological polar surface area (TPSA) is 66.8 Å². The fourth-order valence-corrected chi connectivity index (χ4v) is 3.54. The number of esters is 1. The van der Waals surface area contributed by atoms with Gasteiger partial charge in [0.1, 0.15) is 11.9 Å². The van der Waals surface area contributed by atoms with E-state index in [1.54, 1.807) is 12.1 Å². The first-order valence-corrected chi connectivity index (χ1v) is 9.29. The lowest BCUT2D eigenvalue weighted by Crippen LogP contribution is -2.38. The zero-order valence-electron chi connectivity index (χ0n) is 16.1. The number of ether oxygens (including phenoxy) is 1. The fraction of sp³-hybridized carbons (Fsp3) is 0.500. The highest BCUT2D eigenvalue weighted by Crippen LogP contribution is 2.30. The number of hydrogen-bond acceptors (Lipinski definition) is 4. The van der Waals surface area contributed by atoms with Crippen molar-refractivity contribution in [2.24, 2.45) is 11.8 Å². The average Bonchev–Trinajstić information content (AvgIpc) is 2.54. The van der Waals surface area contributed by atoms with Gasteiger partial charge in [0.25, 0.3) is 0 Å². The molecule has 0 amide bonds. The van der Waals surface area contributed by atoms with Crippen LogP contribution >= 0.6 is 0 Å². The predicted octanol–water partition coefficient (Wildman–Crippen LogP) is 4.63. The van der Waals surface area contributed by atoms with Gasteiger partial charge >= 0.3 is 5.97 Å². The van der Waals surface area contributed by atoms with Crippen LogP contribution < -0.4 is 0 Å². The van der Waals surface area contributed by atoms with Crippen molar-refractivity contribution in [3.63, 3.8) is 0 Å². The second-order valence-corrected chi connectivity index (χ2v) is 7.61. The van der Waals surface area contributed by atoms with Crippen molar-refractivity contribution in [2.75, 3.05) is 0 Å². The van der Waals surface area contributed by atoms with E-state index < -0.39 is 18.2 Å². The van der Waals surface area contributed by atoms with Gasteiger partial charge in [-0.3, -0.25) is 0 Å². The highest BCUT2D eigenvalue weighted by atomic mass is 16.5. The van der Waals surface area contributed by atoms with Crippen molar-refractivity contribution < 1.29 is 19.7 Å². The molecule has 1 aromatic carbocycles. The molecule has 0 aromatic heterocycles. The number of allylic oxidation sites excluding steroid dienone is 2. The zero-order valence-corrected chi connectivity index (χ0v) is 16.1. The normalized spacial score (nSPS) is 28.6. The summed E-state index contributed by atoms with van der Waals surface area (Å²) in [6.45, 7) is 8.17. The van der Waals surface area contributed by atoms with Crippen molar-refractivity contribution in [3.8, 4) is 5.75 Å². The van der Waals surface area contributed by atoms with Crippen LogP contribution in [0.4, 0.5) is 0 Å². The molecule has 2 rings (SSSR count). The molecule has 4 nitrogen and oxygen atoms in total. The summed E-state index contributed by atoms with van der Waals surface area (Å²) in [6.07, 6.45) is 5.48. The van der Waals surface area contributed by atoms with Crippen LogP contribution in [0.25, 0.3) is 0 Å². The number of rotatable bonds is 3. The summed E-state index contributed by atoms with van der Waals surface area (Å²) in [4.78, 5) is 12.6. The van der Waals surface area contributed by atoms with Gasteiger partial charge in [0.2, 0.25) is 0 Å². The molecule has 0 aliphatic heterocycles. The molecule has 0 saturated carbocycles. The van der Waals surface area contributed by atoms with Crippen molar-refractivity contribution in [1.82, 2.24) is 0 Å². The Morgan fingerprint density at radius 2 is 1.81 bits per heavy atom. The number of phenols is 1. The molecule has 2 N–H and O–H groups in total. The molecular formula is C22H30O4. The first-order valence-electron chi connectivity index (χ1n) is 9.29. The van der Waals surface area contributed by atoms with Crippen LogP contribution in [0, 0.1) is 11.8 Å².